The second-order valence-electron chi connectivity index (χ2n) is 6.46. The SMILES string of the molecule is Cc1ccc(-c2onc(-c3ccc(Cl)c(Cl)c3)c2C(O)c2cccnc2)cc1. The number of halogens is 2. The fourth-order valence-corrected chi connectivity index (χ4v) is 3.32. The fraction of sp³-hybridized carbons (Fsp3) is 0.0909. The van der Waals surface area contributed by atoms with E-state index >= 15 is 0 Å². The van der Waals surface area contributed by atoms with E-state index in [0.29, 0.717) is 38.2 Å². The van der Waals surface area contributed by atoms with Crippen LogP contribution in [0.3, 0.4) is 0 Å². The first kappa shape index (κ1) is 18.7. The van der Waals surface area contributed by atoms with Gasteiger partial charge in [0.15, 0.2) is 5.76 Å². The van der Waals surface area contributed by atoms with Crippen molar-refractivity contribution in [2.24, 2.45) is 0 Å². The van der Waals surface area contributed by atoms with Crippen LogP contribution in [0, 0.1) is 6.92 Å². The predicted molar refractivity (Wildman–Crippen MR) is 110 cm³/mol. The Balaban J connectivity index is 1.91. The zero-order valence-corrected chi connectivity index (χ0v) is 16.4. The third kappa shape index (κ3) is 3.54. The first-order valence-corrected chi connectivity index (χ1v) is 9.40. The van der Waals surface area contributed by atoms with Gasteiger partial charge in [0.2, 0.25) is 0 Å². The van der Waals surface area contributed by atoms with E-state index in [4.69, 9.17) is 27.7 Å². The molecule has 1 N–H and O–H groups in total. The van der Waals surface area contributed by atoms with E-state index in [1.165, 1.54) is 0 Å². The number of rotatable bonds is 4. The third-order valence-electron chi connectivity index (χ3n) is 4.51. The van der Waals surface area contributed by atoms with Crippen LogP contribution in [0.2, 0.25) is 10.0 Å². The maximum Gasteiger partial charge on any atom is 0.173 e. The van der Waals surface area contributed by atoms with Gasteiger partial charge >= 0.3 is 0 Å². The zero-order valence-electron chi connectivity index (χ0n) is 14.9. The Bertz CT molecular complexity index is 1110. The summed E-state index contributed by atoms with van der Waals surface area (Å²) in [6.45, 7) is 2.01. The number of aromatic nitrogens is 2. The van der Waals surface area contributed by atoms with Gasteiger partial charge < -0.3 is 9.63 Å². The summed E-state index contributed by atoms with van der Waals surface area (Å²) in [5.41, 5.74) is 4.35. The topological polar surface area (TPSA) is 59.2 Å². The van der Waals surface area contributed by atoms with Crippen molar-refractivity contribution in [3.8, 4) is 22.6 Å². The summed E-state index contributed by atoms with van der Waals surface area (Å²) in [6.07, 6.45) is 2.31. The Morgan fingerprint density at radius 2 is 1.71 bits per heavy atom. The van der Waals surface area contributed by atoms with Crippen LogP contribution < -0.4 is 0 Å². The summed E-state index contributed by atoms with van der Waals surface area (Å²) in [5.74, 6) is 0.498. The van der Waals surface area contributed by atoms with E-state index in [-0.39, 0.29) is 0 Å². The molecule has 6 heteroatoms. The lowest BCUT2D eigenvalue weighted by molar-refractivity contribution is 0.220. The van der Waals surface area contributed by atoms with Crippen molar-refractivity contribution >= 4 is 23.2 Å². The van der Waals surface area contributed by atoms with Crippen LogP contribution in [0.25, 0.3) is 22.6 Å². The van der Waals surface area contributed by atoms with Crippen LogP contribution in [0.1, 0.15) is 22.8 Å². The minimum Gasteiger partial charge on any atom is -0.383 e. The lowest BCUT2D eigenvalue weighted by atomic mass is 9.94. The molecule has 0 radical (unpaired) electrons. The summed E-state index contributed by atoms with van der Waals surface area (Å²) < 4.78 is 5.68. The highest BCUT2D eigenvalue weighted by Crippen LogP contribution is 2.40. The van der Waals surface area contributed by atoms with E-state index in [1.807, 2.05) is 37.3 Å². The maximum atomic E-state index is 11.1. The van der Waals surface area contributed by atoms with Crippen LogP contribution in [0.5, 0.6) is 0 Å². The molecule has 0 amide bonds. The van der Waals surface area contributed by atoms with Crippen LogP contribution in [0.4, 0.5) is 0 Å². The van der Waals surface area contributed by atoms with Gasteiger partial charge in [-0.25, -0.2) is 0 Å². The number of benzene rings is 2. The molecule has 2 heterocycles. The number of pyridine rings is 1. The summed E-state index contributed by atoms with van der Waals surface area (Å²) in [4.78, 5) is 4.11. The van der Waals surface area contributed by atoms with Gasteiger partial charge in [-0.2, -0.15) is 0 Å². The molecular formula is C22H16Cl2N2O2. The van der Waals surface area contributed by atoms with Gasteiger partial charge in [-0.3, -0.25) is 4.98 Å². The van der Waals surface area contributed by atoms with Gasteiger partial charge in [-0.1, -0.05) is 70.3 Å². The first-order valence-electron chi connectivity index (χ1n) is 8.64. The van der Waals surface area contributed by atoms with E-state index in [9.17, 15) is 5.11 Å². The number of hydrogen-bond donors (Lipinski definition) is 1. The Morgan fingerprint density at radius 1 is 0.964 bits per heavy atom. The molecule has 2 aromatic heterocycles. The molecule has 0 aliphatic rings. The minimum absolute atomic E-state index is 0.404. The molecule has 0 aliphatic heterocycles. The average Bonchev–Trinajstić information content (AvgIpc) is 3.16. The van der Waals surface area contributed by atoms with Crippen molar-refractivity contribution in [2.45, 2.75) is 13.0 Å². The molecule has 0 spiro atoms. The molecule has 4 nitrogen and oxygen atoms in total. The monoisotopic (exact) mass is 410 g/mol. The van der Waals surface area contributed by atoms with Gasteiger partial charge in [0.25, 0.3) is 0 Å². The maximum absolute atomic E-state index is 11.1. The molecule has 0 bridgehead atoms. The quantitative estimate of drug-likeness (QED) is 0.441. The lowest BCUT2D eigenvalue weighted by Gasteiger charge is -2.13. The Hall–Kier alpha value is -2.66. The molecule has 1 unspecified atom stereocenters. The third-order valence-corrected chi connectivity index (χ3v) is 5.25. The second-order valence-corrected chi connectivity index (χ2v) is 7.27. The Labute approximate surface area is 172 Å². The highest BCUT2D eigenvalue weighted by Gasteiger charge is 2.26. The number of aliphatic hydroxyl groups excluding tert-OH is 1. The molecule has 4 aromatic rings. The molecule has 28 heavy (non-hydrogen) atoms. The van der Waals surface area contributed by atoms with Crippen molar-refractivity contribution in [1.29, 1.82) is 0 Å². The smallest absolute Gasteiger partial charge is 0.173 e. The largest absolute Gasteiger partial charge is 0.383 e. The molecule has 2 aromatic carbocycles. The molecule has 0 aliphatic carbocycles. The summed E-state index contributed by atoms with van der Waals surface area (Å²) in [7, 11) is 0. The Morgan fingerprint density at radius 3 is 2.39 bits per heavy atom. The van der Waals surface area contributed by atoms with Gasteiger partial charge in [-0.05, 0) is 25.1 Å². The zero-order chi connectivity index (χ0) is 19.7. The first-order chi connectivity index (χ1) is 13.5. The fourth-order valence-electron chi connectivity index (χ4n) is 3.02. The molecule has 0 saturated carbocycles. The molecule has 4 rings (SSSR count). The number of aliphatic hydroxyl groups is 1. The second kappa shape index (κ2) is 7.76. The van der Waals surface area contributed by atoms with Gasteiger partial charge in [-0.15, -0.1) is 0 Å². The van der Waals surface area contributed by atoms with Gasteiger partial charge in [0, 0.05) is 29.1 Å². The van der Waals surface area contributed by atoms with Crippen molar-refractivity contribution in [1.82, 2.24) is 10.1 Å². The van der Waals surface area contributed by atoms with Crippen molar-refractivity contribution in [3.05, 3.63) is 93.7 Å². The molecule has 1 atom stereocenters. The highest BCUT2D eigenvalue weighted by atomic mass is 35.5. The van der Waals surface area contributed by atoms with Crippen molar-refractivity contribution in [2.75, 3.05) is 0 Å². The molecule has 140 valence electrons. The minimum atomic E-state index is -0.972. The average molecular weight is 411 g/mol. The summed E-state index contributed by atoms with van der Waals surface area (Å²) in [6, 6.07) is 16.6. The van der Waals surface area contributed by atoms with E-state index < -0.39 is 6.10 Å². The number of hydrogen-bond acceptors (Lipinski definition) is 4. The van der Waals surface area contributed by atoms with Crippen LogP contribution in [-0.2, 0) is 0 Å². The number of nitrogens with zero attached hydrogens (tertiary/aromatic N) is 2. The highest BCUT2D eigenvalue weighted by molar-refractivity contribution is 6.42. The van der Waals surface area contributed by atoms with Crippen LogP contribution in [-0.4, -0.2) is 15.2 Å². The molecule has 0 saturated heterocycles. The lowest BCUT2D eigenvalue weighted by Crippen LogP contribution is -2.02. The molecule has 0 fully saturated rings. The van der Waals surface area contributed by atoms with E-state index in [1.54, 1.807) is 36.7 Å². The summed E-state index contributed by atoms with van der Waals surface area (Å²) in [5, 5.41) is 16.2. The normalized spacial score (nSPS) is 12.1. The van der Waals surface area contributed by atoms with Crippen molar-refractivity contribution in [3.63, 3.8) is 0 Å². The Kier molecular flexibility index (Phi) is 5.18. The predicted octanol–water partition coefficient (Wildman–Crippen LogP) is 6.10. The van der Waals surface area contributed by atoms with Crippen LogP contribution in [0.15, 0.2) is 71.5 Å². The van der Waals surface area contributed by atoms with E-state index in [0.717, 1.165) is 11.1 Å². The van der Waals surface area contributed by atoms with Gasteiger partial charge in [0.1, 0.15) is 11.8 Å². The van der Waals surface area contributed by atoms with Crippen LogP contribution >= 0.6 is 23.2 Å². The van der Waals surface area contributed by atoms with E-state index in [2.05, 4.69) is 10.1 Å². The van der Waals surface area contributed by atoms with Crippen molar-refractivity contribution < 1.29 is 9.63 Å². The molecular weight excluding hydrogens is 395 g/mol. The summed E-state index contributed by atoms with van der Waals surface area (Å²) >= 11 is 12.2. The number of aryl methyl sites for hydroxylation is 1. The standard InChI is InChI=1S/C22H16Cl2N2O2/c1-13-4-6-14(7-5-13)22-19(21(27)16-3-2-10-25-12-16)20(26-28-22)15-8-9-17(23)18(24)11-15/h2-12,21,27H,1H3. The van der Waals surface area contributed by atoms with Gasteiger partial charge in [0.05, 0.1) is 15.6 Å².